The minimum atomic E-state index is 0.496. The van der Waals surface area contributed by atoms with Gasteiger partial charge in [0.15, 0.2) is 5.96 Å². The molecule has 1 rings (SSSR count). The van der Waals surface area contributed by atoms with Gasteiger partial charge in [-0.1, -0.05) is 13.8 Å². The van der Waals surface area contributed by atoms with Crippen LogP contribution in [-0.2, 0) is 13.6 Å². The van der Waals surface area contributed by atoms with Gasteiger partial charge in [0.1, 0.15) is 0 Å². The molecule has 2 N–H and O–H groups in total. The molecule has 1 aromatic heterocycles. The quantitative estimate of drug-likeness (QED) is 0.564. The Balaban J connectivity index is 2.75. The third-order valence-electron chi connectivity index (χ3n) is 4.38. The van der Waals surface area contributed by atoms with Gasteiger partial charge < -0.3 is 15.5 Å². The fourth-order valence-electron chi connectivity index (χ4n) is 2.78. The Hall–Kier alpha value is -1.56. The Bertz CT molecular complexity index is 530. The van der Waals surface area contributed by atoms with Gasteiger partial charge in [0.05, 0.1) is 12.2 Å². The number of rotatable bonds is 8. The first-order valence-electron chi connectivity index (χ1n) is 8.93. The van der Waals surface area contributed by atoms with Gasteiger partial charge in [-0.05, 0) is 47.2 Å². The van der Waals surface area contributed by atoms with E-state index >= 15 is 0 Å². The summed E-state index contributed by atoms with van der Waals surface area (Å²) >= 11 is 0. The monoisotopic (exact) mass is 336 g/mol. The van der Waals surface area contributed by atoms with E-state index in [4.69, 9.17) is 4.99 Å². The van der Waals surface area contributed by atoms with Gasteiger partial charge >= 0.3 is 0 Å². The Kier molecular flexibility index (Phi) is 8.25. The summed E-state index contributed by atoms with van der Waals surface area (Å²) in [5.41, 5.74) is 3.44. The molecule has 0 aliphatic rings. The van der Waals surface area contributed by atoms with Crippen molar-refractivity contribution in [1.29, 1.82) is 0 Å². The molecule has 138 valence electrons. The Morgan fingerprint density at radius 3 is 2.38 bits per heavy atom. The number of nitrogens with one attached hydrogen (secondary N) is 2. The highest BCUT2D eigenvalue weighted by atomic mass is 15.3. The van der Waals surface area contributed by atoms with Crippen LogP contribution >= 0.6 is 0 Å². The number of likely N-dealkylation sites (N-methyl/N-ethyl adjacent to an activating group) is 1. The van der Waals surface area contributed by atoms with Crippen molar-refractivity contribution in [3.05, 3.63) is 17.0 Å². The molecule has 0 aromatic carbocycles. The van der Waals surface area contributed by atoms with Gasteiger partial charge in [-0.25, -0.2) is 4.99 Å². The minimum absolute atomic E-state index is 0.496. The number of aromatic nitrogens is 2. The van der Waals surface area contributed by atoms with E-state index in [0.717, 1.165) is 24.7 Å². The van der Waals surface area contributed by atoms with Crippen molar-refractivity contribution in [3.63, 3.8) is 0 Å². The minimum Gasteiger partial charge on any atom is -0.357 e. The molecule has 24 heavy (non-hydrogen) atoms. The summed E-state index contributed by atoms with van der Waals surface area (Å²) in [4.78, 5) is 7.04. The largest absolute Gasteiger partial charge is 0.357 e. The number of hydrogen-bond donors (Lipinski definition) is 2. The summed E-state index contributed by atoms with van der Waals surface area (Å²) in [7, 11) is 6.26. The van der Waals surface area contributed by atoms with Crippen LogP contribution in [0.1, 0.15) is 44.1 Å². The van der Waals surface area contributed by atoms with Gasteiger partial charge in [0.2, 0.25) is 0 Å². The van der Waals surface area contributed by atoms with Crippen LogP contribution in [-0.4, -0.2) is 53.9 Å². The second-order valence-electron chi connectivity index (χ2n) is 7.10. The van der Waals surface area contributed by atoms with Gasteiger partial charge in [-0.3, -0.25) is 4.68 Å². The standard InChI is InChI=1S/C18H36N6/c1-9-19-18(20-11-16(23(6)7)10-13(2)3)21-12-17-14(4)22-24(8)15(17)5/h13,16H,9-12H2,1-8H3,(H2,19,20,21). The first-order chi connectivity index (χ1) is 11.3. The van der Waals surface area contributed by atoms with E-state index < -0.39 is 0 Å². The fraction of sp³-hybridized carbons (Fsp3) is 0.778. The Labute approximate surface area is 147 Å². The summed E-state index contributed by atoms with van der Waals surface area (Å²) in [6.07, 6.45) is 1.17. The van der Waals surface area contributed by atoms with Crippen molar-refractivity contribution in [3.8, 4) is 0 Å². The molecular formula is C18H36N6. The van der Waals surface area contributed by atoms with E-state index in [0.29, 0.717) is 18.5 Å². The van der Waals surface area contributed by atoms with Gasteiger partial charge in [-0.2, -0.15) is 5.10 Å². The molecule has 0 fully saturated rings. The fourth-order valence-corrected chi connectivity index (χ4v) is 2.78. The SMILES string of the molecule is CCNC(=NCc1c(C)nn(C)c1C)NCC(CC(C)C)N(C)C. The van der Waals surface area contributed by atoms with E-state index in [1.165, 1.54) is 17.7 Å². The Morgan fingerprint density at radius 2 is 1.92 bits per heavy atom. The van der Waals surface area contributed by atoms with Crippen molar-refractivity contribution in [2.45, 2.75) is 53.6 Å². The van der Waals surface area contributed by atoms with E-state index in [2.05, 4.69) is 62.4 Å². The molecule has 0 radical (unpaired) electrons. The first kappa shape index (κ1) is 20.5. The maximum atomic E-state index is 4.75. The molecule has 0 spiro atoms. The Morgan fingerprint density at radius 1 is 1.25 bits per heavy atom. The lowest BCUT2D eigenvalue weighted by atomic mass is 10.0. The van der Waals surface area contributed by atoms with Crippen LogP contribution in [0, 0.1) is 19.8 Å². The zero-order chi connectivity index (χ0) is 18.3. The second-order valence-corrected chi connectivity index (χ2v) is 7.10. The zero-order valence-electron chi connectivity index (χ0n) is 16.8. The predicted molar refractivity (Wildman–Crippen MR) is 102 cm³/mol. The molecular weight excluding hydrogens is 300 g/mol. The van der Waals surface area contributed by atoms with Crippen LogP contribution in [0.5, 0.6) is 0 Å². The average molecular weight is 337 g/mol. The molecule has 0 aliphatic carbocycles. The van der Waals surface area contributed by atoms with Crippen molar-refractivity contribution in [2.24, 2.45) is 18.0 Å². The third kappa shape index (κ3) is 6.15. The van der Waals surface area contributed by atoms with E-state index in [9.17, 15) is 0 Å². The van der Waals surface area contributed by atoms with Crippen LogP contribution in [0.3, 0.4) is 0 Å². The van der Waals surface area contributed by atoms with Crippen LogP contribution < -0.4 is 10.6 Å². The summed E-state index contributed by atoms with van der Waals surface area (Å²) < 4.78 is 1.92. The zero-order valence-corrected chi connectivity index (χ0v) is 16.8. The highest BCUT2D eigenvalue weighted by Crippen LogP contribution is 2.13. The highest BCUT2D eigenvalue weighted by molar-refractivity contribution is 5.79. The van der Waals surface area contributed by atoms with Crippen LogP contribution in [0.25, 0.3) is 0 Å². The first-order valence-corrected chi connectivity index (χ1v) is 8.93. The maximum absolute atomic E-state index is 4.75. The summed E-state index contributed by atoms with van der Waals surface area (Å²) in [6.45, 7) is 13.2. The van der Waals surface area contributed by atoms with Crippen molar-refractivity contribution >= 4 is 5.96 Å². The number of hydrogen-bond acceptors (Lipinski definition) is 3. The molecule has 1 atom stereocenters. The molecule has 6 heteroatoms. The molecule has 0 bridgehead atoms. The van der Waals surface area contributed by atoms with Crippen molar-refractivity contribution in [2.75, 3.05) is 27.2 Å². The molecule has 1 heterocycles. The van der Waals surface area contributed by atoms with Gasteiger partial charge in [0, 0.05) is 37.4 Å². The lowest BCUT2D eigenvalue weighted by Gasteiger charge is -2.27. The maximum Gasteiger partial charge on any atom is 0.191 e. The van der Waals surface area contributed by atoms with Gasteiger partial charge in [-0.15, -0.1) is 0 Å². The second kappa shape index (κ2) is 9.67. The number of aliphatic imine (C=N–C) groups is 1. The van der Waals surface area contributed by atoms with E-state index in [1.807, 2.05) is 18.7 Å². The lowest BCUT2D eigenvalue weighted by molar-refractivity contribution is 0.254. The molecule has 1 unspecified atom stereocenters. The third-order valence-corrected chi connectivity index (χ3v) is 4.38. The molecule has 0 aliphatic heterocycles. The summed E-state index contributed by atoms with van der Waals surface area (Å²) in [6, 6.07) is 0.496. The van der Waals surface area contributed by atoms with Crippen LogP contribution in [0.2, 0.25) is 0 Å². The number of guanidine groups is 1. The van der Waals surface area contributed by atoms with E-state index in [1.54, 1.807) is 0 Å². The lowest BCUT2D eigenvalue weighted by Crippen LogP contribution is -2.45. The number of nitrogens with zero attached hydrogens (tertiary/aromatic N) is 4. The van der Waals surface area contributed by atoms with Crippen molar-refractivity contribution < 1.29 is 0 Å². The smallest absolute Gasteiger partial charge is 0.191 e. The van der Waals surface area contributed by atoms with Crippen LogP contribution in [0.4, 0.5) is 0 Å². The predicted octanol–water partition coefficient (Wildman–Crippen LogP) is 2.07. The van der Waals surface area contributed by atoms with Crippen LogP contribution in [0.15, 0.2) is 4.99 Å². The molecule has 0 amide bonds. The topological polar surface area (TPSA) is 57.5 Å². The number of aryl methyl sites for hydroxylation is 2. The molecule has 6 nitrogen and oxygen atoms in total. The molecule has 1 aromatic rings. The van der Waals surface area contributed by atoms with E-state index in [-0.39, 0.29) is 0 Å². The normalized spacial score (nSPS) is 13.7. The highest BCUT2D eigenvalue weighted by Gasteiger charge is 2.14. The van der Waals surface area contributed by atoms with Gasteiger partial charge in [0.25, 0.3) is 0 Å². The molecule has 0 saturated carbocycles. The van der Waals surface area contributed by atoms with Crippen molar-refractivity contribution in [1.82, 2.24) is 25.3 Å². The molecule has 0 saturated heterocycles. The summed E-state index contributed by atoms with van der Waals surface area (Å²) in [5, 5.41) is 11.3. The average Bonchev–Trinajstić information content (AvgIpc) is 2.73. The summed E-state index contributed by atoms with van der Waals surface area (Å²) in [5.74, 6) is 1.55.